The van der Waals surface area contributed by atoms with Gasteiger partial charge in [0.15, 0.2) is 0 Å². The van der Waals surface area contributed by atoms with Crippen molar-refractivity contribution in [2.45, 2.75) is 26.2 Å². The van der Waals surface area contributed by atoms with Crippen molar-refractivity contribution in [3.05, 3.63) is 48.3 Å². The first-order valence-electron chi connectivity index (χ1n) is 7.03. The molecule has 0 saturated carbocycles. The molecule has 0 aliphatic rings. The third-order valence-electron chi connectivity index (χ3n) is 3.28. The van der Waals surface area contributed by atoms with Gasteiger partial charge >= 0.3 is 0 Å². The first-order valence-corrected chi connectivity index (χ1v) is 7.03. The average Bonchev–Trinajstić information content (AvgIpc) is 2.94. The van der Waals surface area contributed by atoms with Crippen LogP contribution in [0.2, 0.25) is 0 Å². The fourth-order valence-corrected chi connectivity index (χ4v) is 2.00. The molecule has 0 N–H and O–H groups in total. The summed E-state index contributed by atoms with van der Waals surface area (Å²) in [6.45, 7) is 2.95. The molecule has 1 heterocycles. The lowest BCUT2D eigenvalue weighted by molar-refractivity contribution is -0.129. The van der Waals surface area contributed by atoms with E-state index in [0.29, 0.717) is 6.42 Å². The molecule has 0 radical (unpaired) electrons. The standard InChI is InChI=1S/C16H21N3O/c1-3-4-10-18(2)16(20)11-14-12-17-19(13-14)15-8-6-5-7-9-15/h5-9,12-13H,3-4,10-11H2,1-2H3. The van der Waals surface area contributed by atoms with Crippen LogP contribution in [-0.4, -0.2) is 34.2 Å². The Kier molecular flexibility index (Phi) is 4.93. The maximum Gasteiger partial charge on any atom is 0.226 e. The van der Waals surface area contributed by atoms with Crippen molar-refractivity contribution >= 4 is 5.91 Å². The predicted molar refractivity (Wildman–Crippen MR) is 79.8 cm³/mol. The minimum Gasteiger partial charge on any atom is -0.345 e. The van der Waals surface area contributed by atoms with Gasteiger partial charge in [-0.3, -0.25) is 4.79 Å². The van der Waals surface area contributed by atoms with E-state index < -0.39 is 0 Å². The molecule has 0 saturated heterocycles. The van der Waals surface area contributed by atoms with Crippen LogP contribution in [0.15, 0.2) is 42.7 Å². The van der Waals surface area contributed by atoms with Gasteiger partial charge in [0.1, 0.15) is 0 Å². The zero-order valence-corrected chi connectivity index (χ0v) is 12.1. The fourth-order valence-electron chi connectivity index (χ4n) is 2.00. The molecule has 0 aliphatic heterocycles. The molecule has 106 valence electrons. The van der Waals surface area contributed by atoms with E-state index >= 15 is 0 Å². The lowest BCUT2D eigenvalue weighted by Crippen LogP contribution is -2.28. The summed E-state index contributed by atoms with van der Waals surface area (Å²) in [5.74, 6) is 0.145. The van der Waals surface area contributed by atoms with Crippen molar-refractivity contribution in [3.8, 4) is 5.69 Å². The SMILES string of the molecule is CCCCN(C)C(=O)Cc1cnn(-c2ccccc2)c1. The second-order valence-electron chi connectivity index (χ2n) is 4.97. The molecule has 0 aliphatic carbocycles. The van der Waals surface area contributed by atoms with Gasteiger partial charge in [0, 0.05) is 19.8 Å². The maximum atomic E-state index is 12.1. The smallest absolute Gasteiger partial charge is 0.226 e. The third kappa shape index (κ3) is 3.70. The first kappa shape index (κ1) is 14.3. The van der Waals surface area contributed by atoms with Crippen molar-refractivity contribution in [1.82, 2.24) is 14.7 Å². The van der Waals surface area contributed by atoms with E-state index in [1.54, 1.807) is 15.8 Å². The van der Waals surface area contributed by atoms with Crippen LogP contribution in [0, 0.1) is 0 Å². The van der Waals surface area contributed by atoms with Gasteiger partial charge < -0.3 is 4.90 Å². The zero-order chi connectivity index (χ0) is 14.4. The molecule has 1 amide bonds. The summed E-state index contributed by atoms with van der Waals surface area (Å²) in [7, 11) is 1.86. The fraction of sp³-hybridized carbons (Fsp3) is 0.375. The van der Waals surface area contributed by atoms with Crippen LogP contribution in [0.25, 0.3) is 5.69 Å². The highest BCUT2D eigenvalue weighted by atomic mass is 16.2. The number of carbonyl (C=O) groups excluding carboxylic acids is 1. The van der Waals surface area contributed by atoms with Crippen molar-refractivity contribution in [1.29, 1.82) is 0 Å². The molecule has 2 aromatic rings. The minimum atomic E-state index is 0.145. The lowest BCUT2D eigenvalue weighted by Gasteiger charge is -2.15. The van der Waals surface area contributed by atoms with Crippen molar-refractivity contribution < 1.29 is 4.79 Å². The topological polar surface area (TPSA) is 38.1 Å². The van der Waals surface area contributed by atoms with Crippen LogP contribution in [-0.2, 0) is 11.2 Å². The normalized spacial score (nSPS) is 10.5. The minimum absolute atomic E-state index is 0.145. The van der Waals surface area contributed by atoms with E-state index in [9.17, 15) is 4.79 Å². The first-order chi connectivity index (χ1) is 9.70. The number of benzene rings is 1. The summed E-state index contributed by atoms with van der Waals surface area (Å²) in [6.07, 6.45) is 6.24. The Hall–Kier alpha value is -2.10. The highest BCUT2D eigenvalue weighted by Gasteiger charge is 2.10. The van der Waals surface area contributed by atoms with E-state index in [2.05, 4.69) is 12.0 Å². The molecule has 1 aromatic carbocycles. The number of amides is 1. The number of rotatable bonds is 6. The van der Waals surface area contributed by atoms with Gasteiger partial charge in [0.05, 0.1) is 18.3 Å². The molecular weight excluding hydrogens is 250 g/mol. The molecule has 0 bridgehead atoms. The number of para-hydroxylation sites is 1. The van der Waals surface area contributed by atoms with Crippen molar-refractivity contribution in [2.24, 2.45) is 0 Å². The van der Waals surface area contributed by atoms with Crippen LogP contribution >= 0.6 is 0 Å². The van der Waals surface area contributed by atoms with E-state index in [-0.39, 0.29) is 5.91 Å². The maximum absolute atomic E-state index is 12.1. The number of carbonyl (C=O) groups is 1. The number of likely N-dealkylation sites (N-methyl/N-ethyl adjacent to an activating group) is 1. The molecule has 0 spiro atoms. The molecule has 1 aromatic heterocycles. The molecule has 4 nitrogen and oxygen atoms in total. The Morgan fingerprint density at radius 2 is 2.05 bits per heavy atom. The number of hydrogen-bond donors (Lipinski definition) is 0. The van der Waals surface area contributed by atoms with Gasteiger partial charge in [-0.2, -0.15) is 5.10 Å². The van der Waals surface area contributed by atoms with Crippen LogP contribution < -0.4 is 0 Å². The molecule has 4 heteroatoms. The lowest BCUT2D eigenvalue weighted by atomic mass is 10.2. The highest BCUT2D eigenvalue weighted by Crippen LogP contribution is 2.09. The Morgan fingerprint density at radius 3 is 2.75 bits per heavy atom. The molecular formula is C16H21N3O. The average molecular weight is 271 g/mol. The predicted octanol–water partition coefficient (Wildman–Crippen LogP) is 2.67. The van der Waals surface area contributed by atoms with E-state index in [1.807, 2.05) is 43.6 Å². The monoisotopic (exact) mass is 271 g/mol. The molecule has 2 rings (SSSR count). The third-order valence-corrected chi connectivity index (χ3v) is 3.28. The molecule has 20 heavy (non-hydrogen) atoms. The highest BCUT2D eigenvalue weighted by molar-refractivity contribution is 5.78. The van der Waals surface area contributed by atoms with Crippen molar-refractivity contribution in [3.63, 3.8) is 0 Å². The van der Waals surface area contributed by atoms with Gasteiger partial charge in [-0.05, 0) is 24.1 Å². The number of hydrogen-bond acceptors (Lipinski definition) is 2. The summed E-state index contributed by atoms with van der Waals surface area (Å²) in [4.78, 5) is 13.8. The van der Waals surface area contributed by atoms with E-state index in [4.69, 9.17) is 0 Å². The summed E-state index contributed by atoms with van der Waals surface area (Å²) in [6, 6.07) is 9.90. The summed E-state index contributed by atoms with van der Waals surface area (Å²) in [5.41, 5.74) is 1.95. The van der Waals surface area contributed by atoms with Crippen LogP contribution in [0.4, 0.5) is 0 Å². The largest absolute Gasteiger partial charge is 0.345 e. The number of aromatic nitrogens is 2. The second kappa shape index (κ2) is 6.89. The van der Waals surface area contributed by atoms with Gasteiger partial charge in [-0.15, -0.1) is 0 Å². The number of unbranched alkanes of at least 4 members (excludes halogenated alkanes) is 1. The number of nitrogens with zero attached hydrogens (tertiary/aromatic N) is 3. The second-order valence-corrected chi connectivity index (χ2v) is 4.97. The van der Waals surface area contributed by atoms with Gasteiger partial charge in [0.25, 0.3) is 0 Å². The van der Waals surface area contributed by atoms with E-state index in [0.717, 1.165) is 30.6 Å². The quantitative estimate of drug-likeness (QED) is 0.810. The summed E-state index contributed by atoms with van der Waals surface area (Å²) in [5, 5.41) is 4.31. The van der Waals surface area contributed by atoms with Crippen LogP contribution in [0.5, 0.6) is 0 Å². The summed E-state index contributed by atoms with van der Waals surface area (Å²) < 4.78 is 1.80. The molecule has 0 fully saturated rings. The Morgan fingerprint density at radius 1 is 1.30 bits per heavy atom. The van der Waals surface area contributed by atoms with Crippen LogP contribution in [0.1, 0.15) is 25.3 Å². The van der Waals surface area contributed by atoms with Gasteiger partial charge in [-0.25, -0.2) is 4.68 Å². The Labute approximate surface area is 120 Å². The summed E-state index contributed by atoms with van der Waals surface area (Å²) >= 11 is 0. The van der Waals surface area contributed by atoms with Gasteiger partial charge in [-0.1, -0.05) is 31.5 Å². The van der Waals surface area contributed by atoms with E-state index in [1.165, 1.54) is 0 Å². The van der Waals surface area contributed by atoms with Crippen molar-refractivity contribution in [2.75, 3.05) is 13.6 Å². The Balaban J connectivity index is 1.98. The zero-order valence-electron chi connectivity index (χ0n) is 12.1. The van der Waals surface area contributed by atoms with Crippen LogP contribution in [0.3, 0.4) is 0 Å². The van der Waals surface area contributed by atoms with Gasteiger partial charge in [0.2, 0.25) is 5.91 Å². The molecule has 0 atom stereocenters. The molecule has 0 unspecified atom stereocenters. The Bertz CT molecular complexity index is 548.